The average molecular weight is 233 g/mol. The molecule has 0 bridgehead atoms. The molecule has 2 N–H and O–H groups in total. The molecule has 0 fully saturated rings. The first-order valence-electron chi connectivity index (χ1n) is 3.87. The number of aromatic nitrogens is 1. The Hall–Kier alpha value is -2.17. The van der Waals surface area contributed by atoms with Crippen LogP contribution in [-0.2, 0) is 0 Å². The first-order chi connectivity index (χ1) is 7.39. The third-order valence-corrected chi connectivity index (χ3v) is 1.57. The van der Waals surface area contributed by atoms with Gasteiger partial charge in [0.15, 0.2) is 0 Å². The predicted octanol–water partition coefficient (Wildman–Crippen LogP) is 1.44. The summed E-state index contributed by atoms with van der Waals surface area (Å²) in [5.41, 5.74) is 4.62. The lowest BCUT2D eigenvalue weighted by Crippen LogP contribution is -2.19. The van der Waals surface area contributed by atoms with Gasteiger partial charge in [-0.15, -0.1) is 13.2 Å². The fourth-order valence-corrected chi connectivity index (χ4v) is 0.938. The SMILES string of the molecule is COc1ncc(C#N)c(N)c1OC(F)(F)F. The molecule has 0 radical (unpaired) electrons. The van der Waals surface area contributed by atoms with Crippen LogP contribution in [0.4, 0.5) is 18.9 Å². The van der Waals surface area contributed by atoms with Gasteiger partial charge in [0.05, 0.1) is 24.6 Å². The standard InChI is InChI=1S/C8H6F3N3O2/c1-15-7-6(16-8(9,10)11)5(13)4(2-12)3-14-7/h3H,1H3,(H2,13,14). The minimum Gasteiger partial charge on any atom is -0.478 e. The van der Waals surface area contributed by atoms with E-state index in [1.165, 1.54) is 0 Å². The lowest BCUT2D eigenvalue weighted by molar-refractivity contribution is -0.274. The molecule has 0 amide bonds. The smallest absolute Gasteiger partial charge is 0.478 e. The molecule has 86 valence electrons. The second kappa shape index (κ2) is 4.14. The summed E-state index contributed by atoms with van der Waals surface area (Å²) in [6.07, 6.45) is -3.94. The van der Waals surface area contributed by atoms with E-state index in [4.69, 9.17) is 11.0 Å². The Morgan fingerprint density at radius 3 is 2.56 bits per heavy atom. The van der Waals surface area contributed by atoms with Gasteiger partial charge in [-0.05, 0) is 0 Å². The molecule has 0 spiro atoms. The highest BCUT2D eigenvalue weighted by molar-refractivity contribution is 5.65. The number of nitrogens with zero attached hydrogens (tertiary/aromatic N) is 2. The van der Waals surface area contributed by atoms with Gasteiger partial charge in [-0.2, -0.15) is 5.26 Å². The number of anilines is 1. The summed E-state index contributed by atoms with van der Waals surface area (Å²) in [7, 11) is 1.11. The van der Waals surface area contributed by atoms with Crippen LogP contribution in [0.15, 0.2) is 6.20 Å². The monoisotopic (exact) mass is 233 g/mol. The van der Waals surface area contributed by atoms with Gasteiger partial charge >= 0.3 is 6.36 Å². The Bertz CT molecular complexity index is 439. The van der Waals surface area contributed by atoms with E-state index in [1.54, 1.807) is 6.07 Å². The van der Waals surface area contributed by atoms with Gasteiger partial charge in [0.2, 0.25) is 5.75 Å². The van der Waals surface area contributed by atoms with Crippen LogP contribution in [0.2, 0.25) is 0 Å². The lowest BCUT2D eigenvalue weighted by Gasteiger charge is -2.13. The van der Waals surface area contributed by atoms with Gasteiger partial charge in [0.25, 0.3) is 5.88 Å². The quantitative estimate of drug-likeness (QED) is 0.835. The summed E-state index contributed by atoms with van der Waals surface area (Å²) in [5.74, 6) is -1.25. The van der Waals surface area contributed by atoms with E-state index >= 15 is 0 Å². The Morgan fingerprint density at radius 2 is 2.12 bits per heavy atom. The third kappa shape index (κ3) is 2.44. The van der Waals surface area contributed by atoms with Crippen molar-refractivity contribution in [2.75, 3.05) is 12.8 Å². The minimum absolute atomic E-state index is 0.222. The summed E-state index contributed by atoms with van der Waals surface area (Å²) in [6, 6.07) is 1.58. The number of nitriles is 1. The van der Waals surface area contributed by atoms with Crippen LogP contribution in [0.5, 0.6) is 11.6 Å². The van der Waals surface area contributed by atoms with Crippen LogP contribution in [0.1, 0.15) is 5.56 Å². The van der Waals surface area contributed by atoms with Crippen LogP contribution in [0.3, 0.4) is 0 Å². The van der Waals surface area contributed by atoms with Crippen molar-refractivity contribution in [3.63, 3.8) is 0 Å². The maximum absolute atomic E-state index is 12.0. The van der Waals surface area contributed by atoms with Crippen LogP contribution in [0.25, 0.3) is 0 Å². The molecule has 0 saturated heterocycles. The van der Waals surface area contributed by atoms with E-state index in [0.717, 1.165) is 13.3 Å². The molecule has 0 aliphatic rings. The van der Waals surface area contributed by atoms with E-state index in [1.807, 2.05) is 0 Å². The van der Waals surface area contributed by atoms with Crippen molar-refractivity contribution in [3.8, 4) is 17.7 Å². The van der Waals surface area contributed by atoms with Gasteiger partial charge in [-0.25, -0.2) is 4.98 Å². The molecule has 0 aliphatic carbocycles. The van der Waals surface area contributed by atoms with Crippen molar-refractivity contribution in [1.82, 2.24) is 4.98 Å². The highest BCUT2D eigenvalue weighted by Crippen LogP contribution is 2.37. The summed E-state index contributed by atoms with van der Waals surface area (Å²) in [6.45, 7) is 0. The van der Waals surface area contributed by atoms with E-state index in [0.29, 0.717) is 0 Å². The van der Waals surface area contributed by atoms with Crippen molar-refractivity contribution in [2.45, 2.75) is 6.36 Å². The van der Waals surface area contributed by atoms with Crippen molar-refractivity contribution >= 4 is 5.69 Å². The van der Waals surface area contributed by atoms with E-state index in [-0.39, 0.29) is 5.56 Å². The number of pyridine rings is 1. The number of nitrogen functional groups attached to an aromatic ring is 1. The van der Waals surface area contributed by atoms with Crippen molar-refractivity contribution < 1.29 is 22.6 Å². The Kier molecular flexibility index (Phi) is 3.08. The predicted molar refractivity (Wildman–Crippen MR) is 46.6 cm³/mol. The van der Waals surface area contributed by atoms with Crippen molar-refractivity contribution in [3.05, 3.63) is 11.8 Å². The average Bonchev–Trinajstić information content (AvgIpc) is 2.19. The number of methoxy groups -OCH3 is 1. The number of hydrogen-bond donors (Lipinski definition) is 1. The van der Waals surface area contributed by atoms with Crippen molar-refractivity contribution in [2.24, 2.45) is 0 Å². The highest BCUT2D eigenvalue weighted by Gasteiger charge is 2.34. The van der Waals surface area contributed by atoms with Gasteiger partial charge < -0.3 is 15.2 Å². The third-order valence-electron chi connectivity index (χ3n) is 1.57. The molecule has 1 heterocycles. The van der Waals surface area contributed by atoms with E-state index in [9.17, 15) is 13.2 Å². The molecular weight excluding hydrogens is 227 g/mol. The maximum atomic E-state index is 12.0. The number of hydrogen-bond acceptors (Lipinski definition) is 5. The van der Waals surface area contributed by atoms with Crippen molar-refractivity contribution in [1.29, 1.82) is 5.26 Å². The molecule has 1 rings (SSSR count). The molecule has 0 unspecified atom stereocenters. The zero-order chi connectivity index (χ0) is 12.3. The second-order valence-electron chi connectivity index (χ2n) is 2.58. The molecule has 1 aromatic rings. The lowest BCUT2D eigenvalue weighted by atomic mass is 10.2. The Balaban J connectivity index is 3.28. The molecule has 8 heteroatoms. The highest BCUT2D eigenvalue weighted by atomic mass is 19.4. The topological polar surface area (TPSA) is 81.2 Å². The molecule has 5 nitrogen and oxygen atoms in total. The fourth-order valence-electron chi connectivity index (χ4n) is 0.938. The first kappa shape index (κ1) is 11.9. The first-order valence-corrected chi connectivity index (χ1v) is 3.87. The summed E-state index contributed by atoms with van der Waals surface area (Å²) < 4.78 is 44.3. The molecule has 0 aliphatic heterocycles. The maximum Gasteiger partial charge on any atom is 0.573 e. The number of rotatable bonds is 2. The van der Waals surface area contributed by atoms with Crippen LogP contribution >= 0.6 is 0 Å². The minimum atomic E-state index is -4.93. The largest absolute Gasteiger partial charge is 0.573 e. The molecule has 0 aromatic carbocycles. The summed E-state index contributed by atoms with van der Waals surface area (Å²) in [4.78, 5) is 3.46. The second-order valence-corrected chi connectivity index (χ2v) is 2.58. The molecule has 0 atom stereocenters. The number of alkyl halides is 3. The molecular formula is C8H6F3N3O2. The molecule has 0 saturated carbocycles. The molecule has 1 aromatic heterocycles. The zero-order valence-electron chi connectivity index (χ0n) is 8.00. The number of halogens is 3. The van der Waals surface area contributed by atoms with Crippen LogP contribution < -0.4 is 15.2 Å². The van der Waals surface area contributed by atoms with Crippen LogP contribution in [0, 0.1) is 11.3 Å². The number of nitrogens with two attached hydrogens (primary N) is 1. The normalized spacial score (nSPS) is 10.7. The van der Waals surface area contributed by atoms with Gasteiger partial charge in [-0.1, -0.05) is 0 Å². The molecule has 16 heavy (non-hydrogen) atoms. The fraction of sp³-hybridized carbons (Fsp3) is 0.250. The summed E-state index contributed by atoms with van der Waals surface area (Å²) in [5, 5.41) is 8.56. The van der Waals surface area contributed by atoms with E-state index < -0.39 is 23.7 Å². The van der Waals surface area contributed by atoms with Gasteiger partial charge in [0.1, 0.15) is 6.07 Å². The van der Waals surface area contributed by atoms with Gasteiger partial charge in [0, 0.05) is 0 Å². The zero-order valence-corrected chi connectivity index (χ0v) is 8.00. The summed E-state index contributed by atoms with van der Waals surface area (Å²) >= 11 is 0. The van der Waals surface area contributed by atoms with Crippen LogP contribution in [-0.4, -0.2) is 18.5 Å². The van der Waals surface area contributed by atoms with Gasteiger partial charge in [-0.3, -0.25) is 0 Å². The Labute approximate surface area is 88.2 Å². The Morgan fingerprint density at radius 1 is 1.50 bits per heavy atom. The number of ether oxygens (including phenoxy) is 2. The van der Waals surface area contributed by atoms with E-state index in [2.05, 4.69) is 14.5 Å².